The predicted molar refractivity (Wildman–Crippen MR) is 98.7 cm³/mol. The van der Waals surface area contributed by atoms with Gasteiger partial charge in [-0.05, 0) is 36.4 Å². The van der Waals surface area contributed by atoms with Gasteiger partial charge in [-0.2, -0.15) is 23.5 Å². The van der Waals surface area contributed by atoms with E-state index in [9.17, 15) is 28.1 Å². The second-order valence-corrected chi connectivity index (χ2v) is 6.12. The number of halogens is 3. The lowest BCUT2D eigenvalue weighted by atomic mass is 10.1. The molecule has 0 saturated heterocycles. The van der Waals surface area contributed by atoms with E-state index in [2.05, 4.69) is 10.4 Å². The van der Waals surface area contributed by atoms with Crippen LogP contribution in [0, 0.1) is 21.4 Å². The third-order valence-electron chi connectivity index (χ3n) is 4.04. The van der Waals surface area contributed by atoms with Crippen LogP contribution in [0.4, 0.5) is 24.5 Å². The molecule has 11 heteroatoms. The largest absolute Gasteiger partial charge is 0.417 e. The van der Waals surface area contributed by atoms with E-state index < -0.39 is 28.1 Å². The number of nitriles is 1. The molecule has 0 bridgehead atoms. The summed E-state index contributed by atoms with van der Waals surface area (Å²) in [6, 6.07) is 11.4. The summed E-state index contributed by atoms with van der Waals surface area (Å²) in [6.07, 6.45) is -3.45. The Bertz CT molecular complexity index is 1150. The molecule has 2 aromatic carbocycles. The van der Waals surface area contributed by atoms with Gasteiger partial charge in [0.2, 0.25) is 5.91 Å². The number of benzene rings is 2. The number of hydrogen-bond acceptors (Lipinski definition) is 5. The molecule has 0 radical (unpaired) electrons. The molecular weight excluding hydrogens is 403 g/mol. The van der Waals surface area contributed by atoms with Gasteiger partial charge in [-0.25, -0.2) is 4.68 Å². The maximum Gasteiger partial charge on any atom is 0.417 e. The summed E-state index contributed by atoms with van der Waals surface area (Å²) in [4.78, 5) is 22.2. The number of hydrogen-bond donors (Lipinski definition) is 1. The Balaban J connectivity index is 1.73. The highest BCUT2D eigenvalue weighted by Gasteiger charge is 2.34. The number of non-ortho nitro benzene ring substituents is 1. The van der Waals surface area contributed by atoms with E-state index >= 15 is 0 Å². The van der Waals surface area contributed by atoms with Gasteiger partial charge in [0.05, 0.1) is 39.9 Å². The molecule has 3 aromatic rings. The first-order valence-corrected chi connectivity index (χ1v) is 8.38. The third-order valence-corrected chi connectivity index (χ3v) is 4.04. The molecule has 30 heavy (non-hydrogen) atoms. The van der Waals surface area contributed by atoms with Crippen LogP contribution in [0.25, 0.3) is 5.69 Å². The summed E-state index contributed by atoms with van der Waals surface area (Å²) < 4.78 is 40.5. The molecular formula is C19H12F3N5O3. The van der Waals surface area contributed by atoms with E-state index in [1.54, 1.807) is 0 Å². The number of nitro benzene ring substituents is 1. The van der Waals surface area contributed by atoms with Crippen molar-refractivity contribution >= 4 is 17.3 Å². The number of rotatable bonds is 5. The number of carbonyl (C=O) groups excluding carboxylic acids is 1. The summed E-state index contributed by atoms with van der Waals surface area (Å²) in [7, 11) is 0. The second kappa shape index (κ2) is 8.04. The Hall–Kier alpha value is -4.20. The molecule has 0 unspecified atom stereocenters. The number of nitrogens with zero attached hydrogens (tertiary/aromatic N) is 4. The zero-order chi connectivity index (χ0) is 21.9. The second-order valence-electron chi connectivity index (χ2n) is 6.12. The van der Waals surface area contributed by atoms with Gasteiger partial charge in [0, 0.05) is 24.0 Å². The van der Waals surface area contributed by atoms with Crippen LogP contribution in [0.2, 0.25) is 0 Å². The van der Waals surface area contributed by atoms with E-state index in [1.807, 2.05) is 0 Å². The summed E-state index contributed by atoms with van der Waals surface area (Å²) >= 11 is 0. The van der Waals surface area contributed by atoms with Crippen molar-refractivity contribution in [2.75, 3.05) is 5.32 Å². The highest BCUT2D eigenvalue weighted by molar-refractivity contribution is 5.92. The molecule has 3 rings (SSSR count). The molecule has 0 aliphatic heterocycles. The number of amides is 1. The minimum absolute atomic E-state index is 0.0864. The van der Waals surface area contributed by atoms with Crippen molar-refractivity contribution in [2.24, 2.45) is 0 Å². The van der Waals surface area contributed by atoms with Crippen LogP contribution in [0.5, 0.6) is 0 Å². The van der Waals surface area contributed by atoms with Crippen LogP contribution in [0.1, 0.15) is 16.8 Å². The Labute approximate surface area is 167 Å². The highest BCUT2D eigenvalue weighted by Crippen LogP contribution is 2.33. The molecule has 8 nitrogen and oxygen atoms in total. The van der Waals surface area contributed by atoms with Gasteiger partial charge in [0.15, 0.2) is 0 Å². The number of carbonyl (C=O) groups is 1. The fourth-order valence-electron chi connectivity index (χ4n) is 2.64. The van der Waals surface area contributed by atoms with Gasteiger partial charge < -0.3 is 5.32 Å². The monoisotopic (exact) mass is 415 g/mol. The standard InChI is InChI=1S/C19H12F3N5O3/c20-19(21,22)17-10-16(4-1-12(17)11-23)26-8-7-14(25-26)9-18(28)24-13-2-5-15(6-3-13)27(29)30/h1-8,10H,9H2,(H,24,28). The maximum atomic E-state index is 13.1. The fourth-order valence-corrected chi connectivity index (χ4v) is 2.64. The van der Waals surface area contributed by atoms with Gasteiger partial charge in [-0.1, -0.05) is 0 Å². The Morgan fingerprint density at radius 1 is 1.20 bits per heavy atom. The average Bonchev–Trinajstić information content (AvgIpc) is 3.15. The van der Waals surface area contributed by atoms with Gasteiger partial charge in [0.25, 0.3) is 5.69 Å². The quantitative estimate of drug-likeness (QED) is 0.502. The van der Waals surface area contributed by atoms with Crippen LogP contribution >= 0.6 is 0 Å². The maximum absolute atomic E-state index is 13.1. The summed E-state index contributed by atoms with van der Waals surface area (Å²) in [5, 5.41) is 26.1. The van der Waals surface area contributed by atoms with E-state index in [-0.39, 0.29) is 17.8 Å². The molecule has 0 spiro atoms. The molecule has 1 amide bonds. The van der Waals surface area contributed by atoms with Gasteiger partial charge >= 0.3 is 6.18 Å². The van der Waals surface area contributed by atoms with E-state index in [0.717, 1.165) is 12.1 Å². The molecule has 1 aromatic heterocycles. The van der Waals surface area contributed by atoms with E-state index in [4.69, 9.17) is 5.26 Å². The highest BCUT2D eigenvalue weighted by atomic mass is 19.4. The van der Waals surface area contributed by atoms with Crippen molar-refractivity contribution in [3.63, 3.8) is 0 Å². The van der Waals surface area contributed by atoms with Crippen LogP contribution < -0.4 is 5.32 Å². The lowest BCUT2D eigenvalue weighted by molar-refractivity contribution is -0.384. The zero-order valence-corrected chi connectivity index (χ0v) is 15.1. The molecule has 1 heterocycles. The third kappa shape index (κ3) is 4.61. The summed E-state index contributed by atoms with van der Waals surface area (Å²) in [5.41, 5.74) is -0.952. The number of nitro groups is 1. The lowest BCUT2D eigenvalue weighted by Gasteiger charge is -2.10. The van der Waals surface area contributed by atoms with Crippen LogP contribution in [-0.4, -0.2) is 20.6 Å². The summed E-state index contributed by atoms with van der Waals surface area (Å²) in [6.45, 7) is 0. The molecule has 152 valence electrons. The Morgan fingerprint density at radius 3 is 2.50 bits per heavy atom. The first-order chi connectivity index (χ1) is 14.2. The number of nitrogens with one attached hydrogen (secondary N) is 1. The lowest BCUT2D eigenvalue weighted by Crippen LogP contribution is -2.15. The molecule has 0 saturated carbocycles. The Morgan fingerprint density at radius 2 is 1.90 bits per heavy atom. The normalized spacial score (nSPS) is 11.0. The number of aromatic nitrogens is 2. The summed E-state index contributed by atoms with van der Waals surface area (Å²) in [5.74, 6) is -0.454. The molecule has 0 aliphatic rings. The predicted octanol–water partition coefficient (Wildman–Crippen LogP) is 3.85. The molecule has 0 atom stereocenters. The SMILES string of the molecule is N#Cc1ccc(-n2ccc(CC(=O)Nc3ccc([N+](=O)[O-])cc3)n2)cc1C(F)(F)F. The molecule has 1 N–H and O–H groups in total. The van der Waals surface area contributed by atoms with E-state index in [0.29, 0.717) is 11.4 Å². The van der Waals surface area contributed by atoms with Crippen LogP contribution in [-0.2, 0) is 17.4 Å². The van der Waals surface area contributed by atoms with Crippen molar-refractivity contribution in [3.8, 4) is 11.8 Å². The van der Waals surface area contributed by atoms with Crippen LogP contribution in [0.3, 0.4) is 0 Å². The zero-order valence-electron chi connectivity index (χ0n) is 15.1. The van der Waals surface area contributed by atoms with Gasteiger partial charge in [-0.15, -0.1) is 0 Å². The van der Waals surface area contributed by atoms with Gasteiger partial charge in [-0.3, -0.25) is 14.9 Å². The van der Waals surface area contributed by atoms with Crippen molar-refractivity contribution in [2.45, 2.75) is 12.6 Å². The van der Waals surface area contributed by atoms with Gasteiger partial charge in [0.1, 0.15) is 0 Å². The number of anilines is 1. The van der Waals surface area contributed by atoms with Crippen molar-refractivity contribution in [1.82, 2.24) is 9.78 Å². The number of alkyl halides is 3. The van der Waals surface area contributed by atoms with Crippen molar-refractivity contribution in [1.29, 1.82) is 5.26 Å². The molecule has 0 fully saturated rings. The van der Waals surface area contributed by atoms with E-state index in [1.165, 1.54) is 53.3 Å². The van der Waals surface area contributed by atoms with Crippen LogP contribution in [0.15, 0.2) is 54.7 Å². The first kappa shape index (κ1) is 20.5. The first-order valence-electron chi connectivity index (χ1n) is 8.38. The topological polar surface area (TPSA) is 114 Å². The average molecular weight is 415 g/mol. The minimum atomic E-state index is -4.69. The minimum Gasteiger partial charge on any atom is -0.326 e. The smallest absolute Gasteiger partial charge is 0.326 e. The van der Waals surface area contributed by atoms with Crippen molar-refractivity contribution in [3.05, 3.63) is 81.7 Å². The Kier molecular flexibility index (Phi) is 5.50. The molecule has 0 aliphatic carbocycles. The fraction of sp³-hybridized carbons (Fsp3) is 0.105. The van der Waals surface area contributed by atoms with Crippen molar-refractivity contribution < 1.29 is 22.9 Å².